The van der Waals surface area contributed by atoms with Gasteiger partial charge in [-0.15, -0.1) is 0 Å². The molecule has 2 N–H and O–H groups in total. The second kappa shape index (κ2) is 6.58. The molecular weight excluding hydrogens is 286 g/mol. The highest BCUT2D eigenvalue weighted by atomic mass is 32.2. The fraction of sp³-hybridized carbons (Fsp3) is 0.533. The van der Waals surface area contributed by atoms with Crippen LogP contribution in [-0.2, 0) is 4.74 Å². The number of thioether (sulfide) groups is 1. The molecule has 0 radical (unpaired) electrons. The van der Waals surface area contributed by atoms with Gasteiger partial charge in [0, 0.05) is 36.8 Å². The topological polar surface area (TPSA) is 58.8 Å². The Morgan fingerprint density at radius 3 is 2.67 bits per heavy atom. The molecule has 2 saturated heterocycles. The monoisotopic (exact) mass is 307 g/mol. The van der Waals surface area contributed by atoms with E-state index in [2.05, 4.69) is 17.0 Å². The minimum absolute atomic E-state index is 0.195. The summed E-state index contributed by atoms with van der Waals surface area (Å²) in [6.07, 6.45) is 0.729. The fourth-order valence-electron chi connectivity index (χ4n) is 2.70. The number of anilines is 2. The standard InChI is InChI=1S/C15H21N3O2S/c16-10-14-11-18(15(19)20-14)13-4-2-12(3-5-13)17-6-1-8-21-9-7-17/h2-5,14H,1,6-11,16H2/t14-/m0/s1. The molecule has 0 aromatic heterocycles. The highest BCUT2D eigenvalue weighted by Crippen LogP contribution is 2.25. The van der Waals surface area contributed by atoms with E-state index in [1.807, 2.05) is 23.9 Å². The first kappa shape index (κ1) is 14.5. The van der Waals surface area contributed by atoms with Crippen LogP contribution in [0.4, 0.5) is 16.2 Å². The highest BCUT2D eigenvalue weighted by Gasteiger charge is 2.31. The molecule has 114 valence electrons. The molecule has 0 aliphatic carbocycles. The maximum absolute atomic E-state index is 11.8. The number of amides is 1. The van der Waals surface area contributed by atoms with Gasteiger partial charge in [0.1, 0.15) is 6.10 Å². The van der Waals surface area contributed by atoms with Crippen LogP contribution in [-0.4, -0.2) is 49.9 Å². The van der Waals surface area contributed by atoms with Crippen molar-refractivity contribution in [1.29, 1.82) is 0 Å². The zero-order chi connectivity index (χ0) is 14.7. The zero-order valence-corrected chi connectivity index (χ0v) is 12.8. The molecule has 1 aromatic rings. The minimum Gasteiger partial charge on any atom is -0.443 e. The van der Waals surface area contributed by atoms with Crippen molar-refractivity contribution in [1.82, 2.24) is 0 Å². The minimum atomic E-state index is -0.302. The third-order valence-corrected chi connectivity index (χ3v) is 4.93. The summed E-state index contributed by atoms with van der Waals surface area (Å²) in [5, 5.41) is 0. The first-order chi connectivity index (χ1) is 10.3. The molecular formula is C15H21N3O2S. The van der Waals surface area contributed by atoms with Gasteiger partial charge in [-0.05, 0) is 36.4 Å². The van der Waals surface area contributed by atoms with Gasteiger partial charge >= 0.3 is 6.09 Å². The highest BCUT2D eigenvalue weighted by molar-refractivity contribution is 7.99. The summed E-state index contributed by atoms with van der Waals surface area (Å²) in [5.74, 6) is 2.42. The lowest BCUT2D eigenvalue weighted by molar-refractivity contribution is 0.145. The van der Waals surface area contributed by atoms with E-state index in [1.165, 1.54) is 23.6 Å². The number of hydrogen-bond acceptors (Lipinski definition) is 5. The Hall–Kier alpha value is -1.40. The lowest BCUT2D eigenvalue weighted by Crippen LogP contribution is -2.28. The van der Waals surface area contributed by atoms with E-state index < -0.39 is 0 Å². The number of nitrogens with zero attached hydrogens (tertiary/aromatic N) is 2. The second-order valence-corrected chi connectivity index (χ2v) is 6.55. The van der Waals surface area contributed by atoms with Crippen molar-refractivity contribution < 1.29 is 9.53 Å². The van der Waals surface area contributed by atoms with Crippen molar-refractivity contribution in [2.75, 3.05) is 47.5 Å². The van der Waals surface area contributed by atoms with Gasteiger partial charge in [-0.3, -0.25) is 4.90 Å². The van der Waals surface area contributed by atoms with Gasteiger partial charge in [0.25, 0.3) is 0 Å². The number of hydrogen-bond donors (Lipinski definition) is 1. The molecule has 21 heavy (non-hydrogen) atoms. The van der Waals surface area contributed by atoms with Gasteiger partial charge in [0.2, 0.25) is 0 Å². The Morgan fingerprint density at radius 1 is 1.19 bits per heavy atom. The molecule has 1 aromatic carbocycles. The molecule has 0 bridgehead atoms. The third-order valence-electron chi connectivity index (χ3n) is 3.89. The van der Waals surface area contributed by atoms with Gasteiger partial charge in [-0.2, -0.15) is 11.8 Å². The van der Waals surface area contributed by atoms with Crippen molar-refractivity contribution in [3.05, 3.63) is 24.3 Å². The second-order valence-electron chi connectivity index (χ2n) is 5.32. The molecule has 1 amide bonds. The first-order valence-corrected chi connectivity index (χ1v) is 8.54. The number of carbonyl (C=O) groups is 1. The predicted molar refractivity (Wildman–Crippen MR) is 87.3 cm³/mol. The summed E-state index contributed by atoms with van der Waals surface area (Å²) >= 11 is 2.02. The molecule has 0 saturated carbocycles. The maximum Gasteiger partial charge on any atom is 0.414 e. The molecule has 0 unspecified atom stereocenters. The molecule has 0 spiro atoms. The Bertz CT molecular complexity index is 486. The SMILES string of the molecule is NC[C@H]1CN(c2ccc(N3CCCSCC3)cc2)C(=O)O1. The Balaban J connectivity index is 1.70. The molecule has 3 rings (SSSR count). The third kappa shape index (κ3) is 3.27. The van der Waals surface area contributed by atoms with Crippen LogP contribution in [0.5, 0.6) is 0 Å². The number of benzene rings is 1. The van der Waals surface area contributed by atoms with Crippen LogP contribution in [0.1, 0.15) is 6.42 Å². The van der Waals surface area contributed by atoms with Crippen LogP contribution in [0.15, 0.2) is 24.3 Å². The van der Waals surface area contributed by atoms with Crippen LogP contribution in [0.25, 0.3) is 0 Å². The number of rotatable bonds is 3. The quantitative estimate of drug-likeness (QED) is 0.924. The van der Waals surface area contributed by atoms with Crippen molar-refractivity contribution in [3.8, 4) is 0 Å². The van der Waals surface area contributed by atoms with Crippen LogP contribution in [0, 0.1) is 0 Å². The normalized spacial score (nSPS) is 23.1. The van der Waals surface area contributed by atoms with Gasteiger partial charge in [0.15, 0.2) is 0 Å². The summed E-state index contributed by atoms with van der Waals surface area (Å²) in [4.78, 5) is 15.9. The van der Waals surface area contributed by atoms with Crippen molar-refractivity contribution in [3.63, 3.8) is 0 Å². The average molecular weight is 307 g/mol. The summed E-state index contributed by atoms with van der Waals surface area (Å²) in [5.41, 5.74) is 7.66. The van der Waals surface area contributed by atoms with Gasteiger partial charge < -0.3 is 15.4 Å². The molecule has 1 atom stereocenters. The van der Waals surface area contributed by atoms with E-state index in [4.69, 9.17) is 10.5 Å². The Morgan fingerprint density at radius 2 is 1.95 bits per heavy atom. The number of nitrogens with two attached hydrogens (primary N) is 1. The summed E-state index contributed by atoms with van der Waals surface area (Å²) < 4.78 is 5.19. The number of ether oxygens (including phenoxy) is 1. The summed E-state index contributed by atoms with van der Waals surface area (Å²) in [7, 11) is 0. The smallest absolute Gasteiger partial charge is 0.414 e. The van der Waals surface area contributed by atoms with Crippen molar-refractivity contribution >= 4 is 29.2 Å². The maximum atomic E-state index is 11.8. The molecule has 2 fully saturated rings. The fourth-order valence-corrected chi connectivity index (χ4v) is 3.59. The molecule has 6 heteroatoms. The van der Waals surface area contributed by atoms with Crippen LogP contribution in [0.3, 0.4) is 0 Å². The van der Waals surface area contributed by atoms with Gasteiger partial charge in [-0.25, -0.2) is 4.79 Å². The summed E-state index contributed by atoms with van der Waals surface area (Å²) in [6, 6.07) is 8.17. The number of carbonyl (C=O) groups excluding carboxylic acids is 1. The lowest BCUT2D eigenvalue weighted by atomic mass is 10.2. The predicted octanol–water partition coefficient (Wildman–Crippen LogP) is 1.91. The Kier molecular flexibility index (Phi) is 4.55. The summed E-state index contributed by atoms with van der Waals surface area (Å²) in [6.45, 7) is 3.10. The van der Waals surface area contributed by atoms with E-state index in [1.54, 1.807) is 4.90 Å². The van der Waals surface area contributed by atoms with Gasteiger partial charge in [0.05, 0.1) is 6.54 Å². The van der Waals surface area contributed by atoms with E-state index in [-0.39, 0.29) is 12.2 Å². The number of cyclic esters (lactones) is 1. The lowest BCUT2D eigenvalue weighted by Gasteiger charge is -2.23. The van der Waals surface area contributed by atoms with E-state index in [9.17, 15) is 4.79 Å². The van der Waals surface area contributed by atoms with Crippen LogP contribution >= 0.6 is 11.8 Å². The molecule has 5 nitrogen and oxygen atoms in total. The van der Waals surface area contributed by atoms with E-state index in [0.29, 0.717) is 13.1 Å². The van der Waals surface area contributed by atoms with Gasteiger partial charge in [-0.1, -0.05) is 0 Å². The molecule has 2 aliphatic rings. The van der Waals surface area contributed by atoms with Crippen LogP contribution in [0.2, 0.25) is 0 Å². The molecule has 2 aliphatic heterocycles. The average Bonchev–Trinajstić information content (AvgIpc) is 2.73. The van der Waals surface area contributed by atoms with Crippen molar-refractivity contribution in [2.24, 2.45) is 5.73 Å². The largest absolute Gasteiger partial charge is 0.443 e. The zero-order valence-electron chi connectivity index (χ0n) is 12.0. The molecule has 2 heterocycles. The first-order valence-electron chi connectivity index (χ1n) is 7.39. The van der Waals surface area contributed by atoms with Crippen LogP contribution < -0.4 is 15.5 Å². The Labute approximate surface area is 129 Å². The van der Waals surface area contributed by atoms with E-state index in [0.717, 1.165) is 18.8 Å². The van der Waals surface area contributed by atoms with Crippen molar-refractivity contribution in [2.45, 2.75) is 12.5 Å². The van der Waals surface area contributed by atoms with E-state index >= 15 is 0 Å².